The molecule has 0 unspecified atom stereocenters. The first-order valence-electron chi connectivity index (χ1n) is 9.90. The number of hydrogen-bond donors (Lipinski definition) is 2. The molecule has 1 saturated carbocycles. The molecule has 0 radical (unpaired) electrons. The van der Waals surface area contributed by atoms with Gasteiger partial charge in [-0.2, -0.15) is 0 Å². The second-order valence-corrected chi connectivity index (χ2v) is 7.98. The van der Waals surface area contributed by atoms with Crippen molar-refractivity contribution in [3.63, 3.8) is 0 Å². The number of hydrogen-bond acceptors (Lipinski definition) is 4. The Balaban J connectivity index is 1.56. The number of benzene rings is 2. The van der Waals surface area contributed by atoms with E-state index in [1.165, 1.54) is 0 Å². The highest BCUT2D eigenvalue weighted by Gasteiger charge is 2.40. The summed E-state index contributed by atoms with van der Waals surface area (Å²) in [7, 11) is 0. The van der Waals surface area contributed by atoms with Crippen LogP contribution in [0.2, 0.25) is 5.02 Å². The van der Waals surface area contributed by atoms with Crippen LogP contribution in [-0.4, -0.2) is 26.9 Å². The molecule has 1 aliphatic carbocycles. The summed E-state index contributed by atoms with van der Waals surface area (Å²) in [4.78, 5) is 29.5. The third-order valence-corrected chi connectivity index (χ3v) is 5.78. The van der Waals surface area contributed by atoms with Crippen molar-refractivity contribution in [2.45, 2.75) is 44.4 Å². The van der Waals surface area contributed by atoms with Gasteiger partial charge in [0.05, 0.1) is 11.0 Å². The first kappa shape index (κ1) is 20.2. The molecule has 1 aromatic heterocycles. The molecule has 1 fully saturated rings. The van der Waals surface area contributed by atoms with Crippen LogP contribution in [0.5, 0.6) is 5.75 Å². The van der Waals surface area contributed by atoms with Crippen molar-refractivity contribution in [2.75, 3.05) is 0 Å². The van der Waals surface area contributed by atoms with E-state index in [2.05, 4.69) is 10.3 Å². The largest absolute Gasteiger partial charge is 0.486 e. The van der Waals surface area contributed by atoms with E-state index in [9.17, 15) is 9.59 Å². The summed E-state index contributed by atoms with van der Waals surface area (Å²) in [6.45, 7) is 0.208. The van der Waals surface area contributed by atoms with Crippen molar-refractivity contribution >= 4 is 34.4 Å². The van der Waals surface area contributed by atoms with Gasteiger partial charge < -0.3 is 20.4 Å². The van der Waals surface area contributed by atoms with Crippen molar-refractivity contribution in [1.82, 2.24) is 14.9 Å². The first-order valence-corrected chi connectivity index (χ1v) is 10.3. The fourth-order valence-electron chi connectivity index (χ4n) is 3.95. The minimum Gasteiger partial charge on any atom is -0.486 e. The molecular formula is C22H23ClN4O3. The number of para-hydroxylation sites is 2. The number of rotatable bonds is 7. The zero-order chi connectivity index (χ0) is 21.1. The van der Waals surface area contributed by atoms with Crippen molar-refractivity contribution in [2.24, 2.45) is 5.73 Å². The Bertz CT molecular complexity index is 1070. The van der Waals surface area contributed by atoms with Crippen molar-refractivity contribution in [3.8, 4) is 5.75 Å². The number of nitrogens with two attached hydrogens (primary N) is 1. The molecule has 3 aromatic rings. The highest BCUT2D eigenvalue weighted by molar-refractivity contribution is 6.30. The van der Waals surface area contributed by atoms with Crippen molar-refractivity contribution < 1.29 is 14.3 Å². The normalized spacial score (nSPS) is 15.2. The zero-order valence-electron chi connectivity index (χ0n) is 16.4. The number of halogens is 1. The molecule has 4 rings (SSSR count). The summed E-state index contributed by atoms with van der Waals surface area (Å²) in [6, 6.07) is 14.6. The SMILES string of the molecule is NC(=O)C1(NC(=O)Cn2c(COc3ccc(Cl)cc3)nc3ccccc32)CCCC1. The molecule has 0 aliphatic heterocycles. The van der Waals surface area contributed by atoms with Crippen LogP contribution >= 0.6 is 11.6 Å². The standard InChI is InChI=1S/C22H23ClN4O3/c23-15-7-9-16(10-8-15)30-14-19-25-17-5-1-2-6-18(17)27(19)13-20(28)26-22(21(24)29)11-3-4-12-22/h1-2,5-10H,3-4,11-14H2,(H2,24,29)(H,26,28). The monoisotopic (exact) mass is 426 g/mol. The Labute approximate surface area is 179 Å². The van der Waals surface area contributed by atoms with Crippen LogP contribution < -0.4 is 15.8 Å². The van der Waals surface area contributed by atoms with E-state index in [0.717, 1.165) is 23.9 Å². The molecule has 30 heavy (non-hydrogen) atoms. The molecule has 0 spiro atoms. The summed E-state index contributed by atoms with van der Waals surface area (Å²) < 4.78 is 7.65. The second-order valence-electron chi connectivity index (χ2n) is 7.55. The molecule has 156 valence electrons. The highest BCUT2D eigenvalue weighted by Crippen LogP contribution is 2.29. The molecule has 1 aliphatic rings. The van der Waals surface area contributed by atoms with E-state index in [1.54, 1.807) is 24.3 Å². The lowest BCUT2D eigenvalue weighted by Crippen LogP contribution is -2.56. The summed E-state index contributed by atoms with van der Waals surface area (Å²) in [5.74, 6) is 0.517. The third-order valence-electron chi connectivity index (χ3n) is 5.52. The number of carbonyl (C=O) groups is 2. The number of aromatic nitrogens is 2. The lowest BCUT2D eigenvalue weighted by molar-refractivity contribution is -0.131. The number of amides is 2. The van der Waals surface area contributed by atoms with E-state index >= 15 is 0 Å². The number of nitrogens with zero attached hydrogens (tertiary/aromatic N) is 2. The van der Waals surface area contributed by atoms with Crippen LogP contribution in [0.15, 0.2) is 48.5 Å². The van der Waals surface area contributed by atoms with E-state index in [1.807, 2.05) is 28.8 Å². The van der Waals surface area contributed by atoms with Gasteiger partial charge in [0.2, 0.25) is 11.8 Å². The van der Waals surface area contributed by atoms with Crippen LogP contribution in [0.25, 0.3) is 11.0 Å². The van der Waals surface area contributed by atoms with Gasteiger partial charge in [-0.3, -0.25) is 9.59 Å². The second kappa shape index (κ2) is 8.36. The fraction of sp³-hybridized carbons (Fsp3) is 0.318. The molecule has 0 atom stereocenters. The molecule has 3 N–H and O–H groups in total. The Morgan fingerprint density at radius 2 is 1.83 bits per heavy atom. The molecule has 1 heterocycles. The Morgan fingerprint density at radius 1 is 1.13 bits per heavy atom. The average Bonchev–Trinajstić information content (AvgIpc) is 3.34. The van der Waals surface area contributed by atoms with Crippen LogP contribution in [0.1, 0.15) is 31.5 Å². The van der Waals surface area contributed by atoms with Crippen molar-refractivity contribution in [1.29, 1.82) is 0 Å². The lowest BCUT2D eigenvalue weighted by atomic mass is 9.97. The van der Waals surface area contributed by atoms with Crippen LogP contribution in [-0.2, 0) is 22.7 Å². The number of nitrogens with one attached hydrogen (secondary N) is 1. The molecule has 0 saturated heterocycles. The maximum Gasteiger partial charge on any atom is 0.243 e. The first-order chi connectivity index (χ1) is 14.5. The smallest absolute Gasteiger partial charge is 0.243 e. The fourth-order valence-corrected chi connectivity index (χ4v) is 4.08. The maximum absolute atomic E-state index is 12.9. The minimum absolute atomic E-state index is 0.0227. The number of primary amides is 1. The minimum atomic E-state index is -0.951. The highest BCUT2D eigenvalue weighted by atomic mass is 35.5. The van der Waals surface area contributed by atoms with Gasteiger partial charge in [0, 0.05) is 5.02 Å². The summed E-state index contributed by atoms with van der Waals surface area (Å²) >= 11 is 5.92. The summed E-state index contributed by atoms with van der Waals surface area (Å²) in [5.41, 5.74) is 6.23. The number of carbonyl (C=O) groups excluding carboxylic acids is 2. The van der Waals surface area contributed by atoms with Gasteiger partial charge in [0.25, 0.3) is 0 Å². The van der Waals surface area contributed by atoms with E-state index in [-0.39, 0.29) is 19.1 Å². The molecule has 8 heteroatoms. The number of fused-ring (bicyclic) bond motifs is 1. The van der Waals surface area contributed by atoms with Gasteiger partial charge in [-0.25, -0.2) is 4.98 Å². The average molecular weight is 427 g/mol. The summed E-state index contributed by atoms with van der Waals surface area (Å²) in [5, 5.41) is 3.51. The van der Waals surface area contributed by atoms with Crippen LogP contribution in [0.4, 0.5) is 0 Å². The van der Waals surface area contributed by atoms with Crippen molar-refractivity contribution in [3.05, 3.63) is 59.4 Å². The van der Waals surface area contributed by atoms with Gasteiger partial charge in [-0.05, 0) is 49.2 Å². The molecule has 0 bridgehead atoms. The number of ether oxygens (including phenoxy) is 1. The van der Waals surface area contributed by atoms with Gasteiger partial charge in [0.1, 0.15) is 30.3 Å². The lowest BCUT2D eigenvalue weighted by Gasteiger charge is -2.26. The third kappa shape index (κ3) is 4.11. The van der Waals surface area contributed by atoms with Gasteiger partial charge in [0.15, 0.2) is 0 Å². The predicted molar refractivity (Wildman–Crippen MR) is 114 cm³/mol. The van der Waals surface area contributed by atoms with E-state index < -0.39 is 11.4 Å². The molecule has 2 aromatic carbocycles. The van der Waals surface area contributed by atoms with Gasteiger partial charge in [-0.1, -0.05) is 36.6 Å². The molecule has 7 nitrogen and oxygen atoms in total. The zero-order valence-corrected chi connectivity index (χ0v) is 17.2. The van der Waals surface area contributed by atoms with Gasteiger partial charge >= 0.3 is 0 Å². The summed E-state index contributed by atoms with van der Waals surface area (Å²) in [6.07, 6.45) is 2.89. The Kier molecular flexibility index (Phi) is 5.63. The molecular weight excluding hydrogens is 404 g/mol. The maximum atomic E-state index is 12.9. The topological polar surface area (TPSA) is 99.2 Å². The molecule has 2 amide bonds. The van der Waals surface area contributed by atoms with E-state index in [4.69, 9.17) is 22.1 Å². The van der Waals surface area contributed by atoms with Crippen LogP contribution in [0.3, 0.4) is 0 Å². The number of imidazole rings is 1. The predicted octanol–water partition coefficient (Wildman–Crippen LogP) is 3.18. The van der Waals surface area contributed by atoms with Gasteiger partial charge in [-0.15, -0.1) is 0 Å². The Morgan fingerprint density at radius 3 is 2.53 bits per heavy atom. The van der Waals surface area contributed by atoms with E-state index in [0.29, 0.717) is 29.4 Å². The quantitative estimate of drug-likeness (QED) is 0.606. The van der Waals surface area contributed by atoms with Crippen LogP contribution in [0, 0.1) is 0 Å². The Hall–Kier alpha value is -3.06.